The fraction of sp³-hybridized carbons (Fsp3) is 0.400. The van der Waals surface area contributed by atoms with Crippen molar-refractivity contribution in [2.45, 2.75) is 6.92 Å². The lowest BCUT2D eigenvalue weighted by molar-refractivity contribution is -0.184. The van der Waals surface area contributed by atoms with Crippen LogP contribution in [0.5, 0.6) is 0 Å². The van der Waals surface area contributed by atoms with Crippen LogP contribution in [0.2, 0.25) is 0 Å². The molecule has 0 atom stereocenters. The SMILES string of the molecule is CCON1N=C(Cl)C=[C]N1. The van der Waals surface area contributed by atoms with Crippen LogP contribution in [0.4, 0.5) is 0 Å². The van der Waals surface area contributed by atoms with Gasteiger partial charge in [-0.05, 0) is 6.92 Å². The summed E-state index contributed by atoms with van der Waals surface area (Å²) in [6.07, 6.45) is 4.14. The van der Waals surface area contributed by atoms with Crippen LogP contribution < -0.4 is 5.43 Å². The van der Waals surface area contributed by atoms with Crippen LogP contribution in [0.1, 0.15) is 6.92 Å². The Labute approximate surface area is 64.0 Å². The fourth-order valence-electron chi connectivity index (χ4n) is 0.471. The average Bonchev–Trinajstić information content (AvgIpc) is 1.88. The van der Waals surface area contributed by atoms with E-state index in [1.165, 1.54) is 6.08 Å². The molecule has 1 aliphatic heterocycles. The van der Waals surface area contributed by atoms with E-state index in [1.54, 1.807) is 0 Å². The lowest BCUT2D eigenvalue weighted by atomic mass is 10.6. The highest BCUT2D eigenvalue weighted by Crippen LogP contribution is 1.97. The molecule has 0 saturated carbocycles. The van der Waals surface area contributed by atoms with Crippen LogP contribution in [-0.4, -0.2) is 17.1 Å². The van der Waals surface area contributed by atoms with Crippen LogP contribution in [-0.2, 0) is 4.84 Å². The topological polar surface area (TPSA) is 36.9 Å². The summed E-state index contributed by atoms with van der Waals surface area (Å²) in [5.74, 6) is 0. The fourth-order valence-corrected chi connectivity index (χ4v) is 0.594. The summed E-state index contributed by atoms with van der Waals surface area (Å²) in [4.78, 5) is 4.92. The minimum absolute atomic E-state index is 0.340. The van der Waals surface area contributed by atoms with Gasteiger partial charge in [-0.25, -0.2) is 4.84 Å². The van der Waals surface area contributed by atoms with E-state index in [0.29, 0.717) is 11.8 Å². The number of hydrogen-bond donors (Lipinski definition) is 1. The molecule has 0 amide bonds. The van der Waals surface area contributed by atoms with E-state index in [4.69, 9.17) is 16.4 Å². The summed E-state index contributed by atoms with van der Waals surface area (Å²) < 4.78 is 0. The van der Waals surface area contributed by atoms with Crippen molar-refractivity contribution in [3.8, 4) is 0 Å². The predicted molar refractivity (Wildman–Crippen MR) is 37.7 cm³/mol. The first-order valence-corrected chi connectivity index (χ1v) is 3.22. The lowest BCUT2D eigenvalue weighted by Crippen LogP contribution is -2.32. The van der Waals surface area contributed by atoms with Crippen molar-refractivity contribution in [2.24, 2.45) is 5.10 Å². The van der Waals surface area contributed by atoms with Gasteiger partial charge in [0, 0.05) is 6.08 Å². The average molecular weight is 161 g/mol. The molecule has 5 heteroatoms. The molecule has 0 spiro atoms. The van der Waals surface area contributed by atoms with Crippen molar-refractivity contribution < 1.29 is 4.84 Å². The summed E-state index contributed by atoms with van der Waals surface area (Å²) >= 11 is 5.52. The van der Waals surface area contributed by atoms with Gasteiger partial charge in [0.05, 0.1) is 12.8 Å². The van der Waals surface area contributed by atoms with E-state index in [9.17, 15) is 0 Å². The zero-order valence-corrected chi connectivity index (χ0v) is 6.22. The molecule has 1 radical (unpaired) electrons. The number of hydrazine groups is 1. The highest BCUT2D eigenvalue weighted by atomic mass is 35.5. The second-order valence-electron chi connectivity index (χ2n) is 1.51. The second-order valence-corrected chi connectivity index (χ2v) is 1.90. The molecular weight excluding hydrogens is 154 g/mol. The largest absolute Gasteiger partial charge is 0.255 e. The molecule has 0 unspecified atom stereocenters. The summed E-state index contributed by atoms with van der Waals surface area (Å²) in [7, 11) is 0. The van der Waals surface area contributed by atoms with Gasteiger partial charge in [-0.15, -0.1) is 5.10 Å². The molecule has 0 aromatic carbocycles. The number of hydrazone groups is 1. The maximum atomic E-state index is 5.52. The van der Waals surface area contributed by atoms with E-state index in [-0.39, 0.29) is 0 Å². The van der Waals surface area contributed by atoms with E-state index in [2.05, 4.69) is 16.7 Å². The van der Waals surface area contributed by atoms with Gasteiger partial charge in [0.25, 0.3) is 0 Å². The molecule has 1 N–H and O–H groups in total. The van der Waals surface area contributed by atoms with Gasteiger partial charge in [-0.1, -0.05) is 16.9 Å². The van der Waals surface area contributed by atoms with E-state index in [0.717, 1.165) is 5.28 Å². The smallest absolute Gasteiger partial charge is 0.155 e. The van der Waals surface area contributed by atoms with Crippen LogP contribution in [0.25, 0.3) is 0 Å². The Kier molecular flexibility index (Phi) is 2.53. The highest BCUT2D eigenvalue weighted by molar-refractivity contribution is 6.68. The Balaban J connectivity index is 2.43. The van der Waals surface area contributed by atoms with E-state index in [1.807, 2.05) is 6.92 Å². The third kappa shape index (κ3) is 1.89. The first-order chi connectivity index (χ1) is 4.83. The van der Waals surface area contributed by atoms with Crippen LogP contribution in [0.3, 0.4) is 0 Å². The molecule has 0 aromatic rings. The maximum absolute atomic E-state index is 5.52. The minimum Gasteiger partial charge on any atom is -0.255 e. The Morgan fingerprint density at radius 3 is 3.40 bits per heavy atom. The standard InChI is InChI=1S/C5H7ClN3O/c1-2-10-9-7-4-3-5(6)8-9/h3,7H,2H2,1H3. The Morgan fingerprint density at radius 1 is 2.00 bits per heavy atom. The molecule has 0 fully saturated rings. The Morgan fingerprint density at radius 2 is 2.80 bits per heavy atom. The molecule has 0 aliphatic carbocycles. The second kappa shape index (κ2) is 3.43. The van der Waals surface area contributed by atoms with Gasteiger partial charge in [0.15, 0.2) is 5.17 Å². The molecule has 4 nitrogen and oxygen atoms in total. The van der Waals surface area contributed by atoms with Crippen molar-refractivity contribution in [1.29, 1.82) is 0 Å². The van der Waals surface area contributed by atoms with Crippen LogP contribution >= 0.6 is 11.6 Å². The molecular formula is C5H7ClN3O. The van der Waals surface area contributed by atoms with Crippen LogP contribution in [0.15, 0.2) is 11.2 Å². The summed E-state index contributed by atoms with van der Waals surface area (Å²) in [6, 6.07) is 0. The van der Waals surface area contributed by atoms with Crippen molar-refractivity contribution in [3.05, 3.63) is 12.3 Å². The lowest BCUT2D eigenvalue weighted by Gasteiger charge is -2.17. The highest BCUT2D eigenvalue weighted by Gasteiger charge is 2.02. The number of nitrogens with one attached hydrogen (secondary N) is 1. The van der Waals surface area contributed by atoms with Gasteiger partial charge >= 0.3 is 0 Å². The molecule has 1 aliphatic rings. The van der Waals surface area contributed by atoms with Crippen molar-refractivity contribution >= 4 is 16.8 Å². The number of nitrogens with zero attached hydrogens (tertiary/aromatic N) is 2. The maximum Gasteiger partial charge on any atom is 0.155 e. The molecule has 0 bridgehead atoms. The monoisotopic (exact) mass is 160 g/mol. The molecule has 0 aromatic heterocycles. The molecule has 10 heavy (non-hydrogen) atoms. The minimum atomic E-state index is 0.340. The summed E-state index contributed by atoms with van der Waals surface area (Å²) in [6.45, 7) is 2.38. The number of halogens is 1. The summed E-state index contributed by atoms with van der Waals surface area (Å²) in [5.41, 5.74) is 2.58. The third-order valence-electron chi connectivity index (χ3n) is 0.789. The molecule has 1 rings (SSSR count). The quantitative estimate of drug-likeness (QED) is 0.644. The van der Waals surface area contributed by atoms with Gasteiger partial charge in [0.1, 0.15) is 0 Å². The Bertz CT molecular complexity index is 168. The molecule has 55 valence electrons. The Hall–Kier alpha value is -0.740. The van der Waals surface area contributed by atoms with E-state index >= 15 is 0 Å². The normalized spacial score (nSPS) is 16.6. The number of hydrogen-bond acceptors (Lipinski definition) is 4. The number of rotatable bonds is 2. The van der Waals surface area contributed by atoms with Gasteiger partial charge < -0.3 is 0 Å². The van der Waals surface area contributed by atoms with Gasteiger partial charge in [-0.3, -0.25) is 5.43 Å². The zero-order chi connectivity index (χ0) is 7.40. The predicted octanol–water partition coefficient (Wildman–Crippen LogP) is 0.627. The van der Waals surface area contributed by atoms with Crippen molar-refractivity contribution in [2.75, 3.05) is 6.61 Å². The van der Waals surface area contributed by atoms with Crippen LogP contribution in [0, 0.1) is 6.20 Å². The van der Waals surface area contributed by atoms with Crippen molar-refractivity contribution in [3.63, 3.8) is 0 Å². The zero-order valence-electron chi connectivity index (χ0n) is 5.47. The summed E-state index contributed by atoms with van der Waals surface area (Å²) in [5, 5.41) is 5.23. The third-order valence-corrected chi connectivity index (χ3v) is 0.974. The van der Waals surface area contributed by atoms with Crippen molar-refractivity contribution in [1.82, 2.24) is 10.7 Å². The molecule has 1 heterocycles. The van der Waals surface area contributed by atoms with E-state index < -0.39 is 0 Å². The van der Waals surface area contributed by atoms with Gasteiger partial charge in [0.2, 0.25) is 0 Å². The molecule has 0 saturated heterocycles. The van der Waals surface area contributed by atoms with Gasteiger partial charge in [-0.2, -0.15) is 0 Å². The first kappa shape index (κ1) is 7.37. The number of allylic oxidation sites excluding steroid dienone is 1. The first-order valence-electron chi connectivity index (χ1n) is 2.84.